The first-order valence-corrected chi connectivity index (χ1v) is 10.7. The van der Waals surface area contributed by atoms with Gasteiger partial charge in [-0.15, -0.1) is 5.10 Å². The molecule has 33 heavy (non-hydrogen) atoms. The third kappa shape index (κ3) is 7.21. The Kier molecular flexibility index (Phi) is 10.2. The van der Waals surface area contributed by atoms with E-state index in [2.05, 4.69) is 16.9 Å². The Morgan fingerprint density at radius 1 is 1.42 bits per heavy atom. The van der Waals surface area contributed by atoms with Crippen molar-refractivity contribution in [2.75, 3.05) is 6.54 Å². The van der Waals surface area contributed by atoms with Crippen LogP contribution in [-0.2, 0) is 16.0 Å². The molecule has 0 radical (unpaired) electrons. The number of halogens is 1. The van der Waals surface area contributed by atoms with E-state index < -0.39 is 6.04 Å². The average Bonchev–Trinajstić information content (AvgIpc) is 3.45. The molecule has 3 N–H and O–H groups in total. The standard InChI is InChI=1S/C23H28FN5O.CH2O2/c1-3-8-19(9-4-2)29-16-21(26-27-29)22-12-7-13-28(22)23(30)15-18(25)14-17-10-5-6-11-20(17)24;2-1-3/h3-6,8-11,16,18,22H,1,7,12-15,25H2,2H3;1H,(H,2,3). The van der Waals surface area contributed by atoms with Gasteiger partial charge in [0.2, 0.25) is 5.91 Å². The first-order valence-electron chi connectivity index (χ1n) is 10.7. The van der Waals surface area contributed by atoms with Crippen LogP contribution in [0.15, 0.2) is 61.3 Å². The Labute approximate surface area is 192 Å². The number of carbonyl (C=O) groups is 2. The van der Waals surface area contributed by atoms with Gasteiger partial charge >= 0.3 is 0 Å². The molecule has 0 saturated carbocycles. The molecule has 2 unspecified atom stereocenters. The van der Waals surface area contributed by atoms with Crippen molar-refractivity contribution in [2.45, 2.75) is 44.7 Å². The zero-order valence-corrected chi connectivity index (χ0v) is 18.7. The van der Waals surface area contributed by atoms with Crippen molar-refractivity contribution in [3.05, 3.63) is 78.4 Å². The van der Waals surface area contributed by atoms with Crippen LogP contribution >= 0.6 is 0 Å². The van der Waals surface area contributed by atoms with Gasteiger partial charge in [-0.25, -0.2) is 9.07 Å². The fraction of sp³-hybridized carbons (Fsp3) is 0.333. The van der Waals surface area contributed by atoms with Crippen molar-refractivity contribution in [3.63, 3.8) is 0 Å². The summed E-state index contributed by atoms with van der Waals surface area (Å²) < 4.78 is 15.5. The Morgan fingerprint density at radius 3 is 2.82 bits per heavy atom. The van der Waals surface area contributed by atoms with Crippen LogP contribution in [0.3, 0.4) is 0 Å². The monoisotopic (exact) mass is 455 g/mol. The van der Waals surface area contributed by atoms with Crippen molar-refractivity contribution in [2.24, 2.45) is 5.73 Å². The van der Waals surface area contributed by atoms with E-state index >= 15 is 0 Å². The molecule has 1 aliphatic heterocycles. The van der Waals surface area contributed by atoms with Gasteiger partial charge in [-0.1, -0.05) is 42.1 Å². The molecule has 0 aliphatic carbocycles. The summed E-state index contributed by atoms with van der Waals surface area (Å²) in [6.45, 7) is 6.07. The molecule has 8 nitrogen and oxygen atoms in total. The van der Waals surface area contributed by atoms with E-state index in [0.29, 0.717) is 18.5 Å². The van der Waals surface area contributed by atoms with Crippen LogP contribution in [-0.4, -0.2) is 50.0 Å². The number of rotatable bonds is 8. The molecule has 1 saturated heterocycles. The third-order valence-corrected chi connectivity index (χ3v) is 5.19. The number of aromatic nitrogens is 3. The van der Waals surface area contributed by atoms with Crippen LogP contribution in [0.5, 0.6) is 0 Å². The highest BCUT2D eigenvalue weighted by Crippen LogP contribution is 2.31. The summed E-state index contributed by atoms with van der Waals surface area (Å²) in [7, 11) is 0. The van der Waals surface area contributed by atoms with Gasteiger partial charge in [-0.05, 0) is 50.0 Å². The van der Waals surface area contributed by atoms with Crippen molar-refractivity contribution in [1.29, 1.82) is 0 Å². The van der Waals surface area contributed by atoms with E-state index in [-0.39, 0.29) is 30.7 Å². The lowest BCUT2D eigenvalue weighted by Crippen LogP contribution is -2.36. The maximum atomic E-state index is 13.9. The summed E-state index contributed by atoms with van der Waals surface area (Å²) in [5.74, 6) is -0.327. The van der Waals surface area contributed by atoms with Crippen molar-refractivity contribution < 1.29 is 19.1 Å². The lowest BCUT2D eigenvalue weighted by atomic mass is 10.0. The molecule has 2 heterocycles. The van der Waals surface area contributed by atoms with Crippen LogP contribution in [0.2, 0.25) is 0 Å². The van der Waals surface area contributed by atoms with Gasteiger partial charge in [0, 0.05) is 19.0 Å². The number of carbonyl (C=O) groups excluding carboxylic acids is 1. The smallest absolute Gasteiger partial charge is 0.290 e. The van der Waals surface area contributed by atoms with Gasteiger partial charge in [-0.2, -0.15) is 0 Å². The Bertz CT molecular complexity index is 1000. The molecule has 2 aromatic rings. The normalized spacial score (nSPS) is 16.9. The molecule has 2 atom stereocenters. The largest absolute Gasteiger partial charge is 0.483 e. The molecule has 9 heteroatoms. The predicted octanol–water partition coefficient (Wildman–Crippen LogP) is 3.34. The maximum absolute atomic E-state index is 13.9. The van der Waals surface area contributed by atoms with Crippen molar-refractivity contribution in [3.8, 4) is 0 Å². The van der Waals surface area contributed by atoms with Crippen molar-refractivity contribution in [1.82, 2.24) is 19.9 Å². The summed E-state index contributed by atoms with van der Waals surface area (Å²) in [4.78, 5) is 23.1. The van der Waals surface area contributed by atoms with E-state index in [0.717, 1.165) is 24.2 Å². The first kappa shape index (κ1) is 25.7. The molecular formula is C24H30FN5O3. The molecule has 0 bridgehead atoms. The molecular weight excluding hydrogens is 425 g/mol. The second-order valence-electron chi connectivity index (χ2n) is 7.53. The third-order valence-electron chi connectivity index (χ3n) is 5.19. The second-order valence-corrected chi connectivity index (χ2v) is 7.53. The number of amides is 1. The number of allylic oxidation sites excluding steroid dienone is 5. The first-order chi connectivity index (χ1) is 15.9. The highest BCUT2D eigenvalue weighted by molar-refractivity contribution is 5.77. The molecule has 176 valence electrons. The summed E-state index contributed by atoms with van der Waals surface area (Å²) >= 11 is 0. The van der Waals surface area contributed by atoms with Crippen molar-refractivity contribution >= 4 is 18.1 Å². The summed E-state index contributed by atoms with van der Waals surface area (Å²) in [6.07, 6.45) is 11.4. The number of nitrogens with zero attached hydrogens (tertiary/aromatic N) is 4. The Balaban J connectivity index is 0.00000122. The molecule has 1 amide bonds. The number of benzene rings is 1. The quantitative estimate of drug-likeness (QED) is 0.466. The molecule has 1 fully saturated rings. The summed E-state index contributed by atoms with van der Waals surface area (Å²) in [5.41, 5.74) is 8.29. The number of hydrogen-bond acceptors (Lipinski definition) is 5. The zero-order valence-electron chi connectivity index (χ0n) is 18.7. The van der Waals surface area contributed by atoms with Crippen LogP contribution in [0.4, 0.5) is 4.39 Å². The van der Waals surface area contributed by atoms with Crippen LogP contribution in [0.1, 0.15) is 43.5 Å². The van der Waals surface area contributed by atoms with Gasteiger partial charge in [0.1, 0.15) is 11.5 Å². The Morgan fingerprint density at radius 2 is 2.15 bits per heavy atom. The predicted molar refractivity (Wildman–Crippen MR) is 124 cm³/mol. The highest BCUT2D eigenvalue weighted by atomic mass is 19.1. The minimum absolute atomic E-state index is 0.0359. The topological polar surface area (TPSA) is 114 Å². The number of nitrogens with two attached hydrogens (primary N) is 1. The average molecular weight is 456 g/mol. The fourth-order valence-electron chi connectivity index (χ4n) is 3.79. The zero-order chi connectivity index (χ0) is 24.2. The number of hydrogen-bond donors (Lipinski definition) is 2. The van der Waals surface area contributed by atoms with Gasteiger partial charge < -0.3 is 15.7 Å². The molecule has 1 aromatic carbocycles. The van der Waals surface area contributed by atoms with Gasteiger partial charge in [0.15, 0.2) is 0 Å². The van der Waals surface area contributed by atoms with Crippen LogP contribution < -0.4 is 5.73 Å². The number of likely N-dealkylation sites (tertiary alicyclic amines) is 1. The summed E-state index contributed by atoms with van der Waals surface area (Å²) in [5, 5.41) is 15.4. The van der Waals surface area contributed by atoms with E-state index in [9.17, 15) is 9.18 Å². The van der Waals surface area contributed by atoms with E-state index in [1.165, 1.54) is 6.07 Å². The number of carboxylic acid groups (broad SMARTS) is 1. The van der Waals surface area contributed by atoms with Gasteiger partial charge in [0.25, 0.3) is 6.47 Å². The van der Waals surface area contributed by atoms with E-state index in [1.807, 2.05) is 36.2 Å². The van der Waals surface area contributed by atoms with E-state index in [1.54, 1.807) is 29.0 Å². The molecule has 0 spiro atoms. The lowest BCUT2D eigenvalue weighted by molar-refractivity contribution is -0.132. The molecule has 1 aromatic heterocycles. The van der Waals surface area contributed by atoms with E-state index in [4.69, 9.17) is 15.6 Å². The Hall–Kier alpha value is -3.59. The van der Waals surface area contributed by atoms with Gasteiger partial charge in [-0.3, -0.25) is 9.59 Å². The molecule has 1 aliphatic rings. The lowest BCUT2D eigenvalue weighted by Gasteiger charge is -2.24. The minimum Gasteiger partial charge on any atom is -0.483 e. The fourth-order valence-corrected chi connectivity index (χ4v) is 3.79. The van der Waals surface area contributed by atoms with Crippen LogP contribution in [0.25, 0.3) is 5.70 Å². The second kappa shape index (κ2) is 13.1. The van der Waals surface area contributed by atoms with Gasteiger partial charge in [0.05, 0.1) is 17.9 Å². The maximum Gasteiger partial charge on any atom is 0.290 e. The SMILES string of the molecule is C=CC=C(C=CC)n1cc(C2CCCN2C(=O)CC(N)Cc2ccccc2F)nn1.O=CO. The minimum atomic E-state index is -0.442. The summed E-state index contributed by atoms with van der Waals surface area (Å²) in [6, 6.07) is 5.96. The molecule has 3 rings (SSSR count). The van der Waals surface area contributed by atoms with Crippen LogP contribution in [0, 0.1) is 5.82 Å². The highest BCUT2D eigenvalue weighted by Gasteiger charge is 2.32.